The minimum atomic E-state index is -0.953. The summed E-state index contributed by atoms with van der Waals surface area (Å²) in [6.07, 6.45) is 6.33. The largest absolute Gasteiger partial charge is 0.481 e. The van der Waals surface area contributed by atoms with E-state index in [0.717, 1.165) is 0 Å². The number of nitrogens with two attached hydrogens (primary N) is 1. The van der Waals surface area contributed by atoms with Crippen molar-refractivity contribution in [3.8, 4) is 0 Å². The molecule has 2 heterocycles. The first-order valence-corrected chi connectivity index (χ1v) is 5.20. The van der Waals surface area contributed by atoms with Crippen LogP contribution in [-0.2, 0) is 43.9 Å². The smallest absolute Gasteiger partial charge is 0.311 e. The quantitative estimate of drug-likeness (QED) is 0.779. The number of aromatic nitrogens is 4. The maximum Gasteiger partial charge on any atom is 0.311 e. The van der Waals surface area contributed by atoms with E-state index in [1.807, 2.05) is 0 Å². The fourth-order valence-electron chi connectivity index (χ4n) is 1.58. The van der Waals surface area contributed by atoms with Crippen LogP contribution in [0.25, 0.3) is 0 Å². The van der Waals surface area contributed by atoms with Crippen LogP contribution in [0.3, 0.4) is 0 Å². The monoisotopic (exact) mass is 335 g/mol. The van der Waals surface area contributed by atoms with Gasteiger partial charge in [-0.1, -0.05) is 6.20 Å². The molecule has 0 spiro atoms. The summed E-state index contributed by atoms with van der Waals surface area (Å²) < 4.78 is 1.46. The summed E-state index contributed by atoms with van der Waals surface area (Å²) in [6.45, 7) is 0. The van der Waals surface area contributed by atoms with Crippen molar-refractivity contribution in [1.29, 1.82) is 0 Å². The average molecular weight is 335 g/mol. The molecule has 97 valence electrons. The topological polar surface area (TPSA) is 107 Å². The molecule has 0 aliphatic heterocycles. The third-order valence-corrected chi connectivity index (χ3v) is 2.47. The molecule has 0 saturated heterocycles. The van der Waals surface area contributed by atoms with Crippen molar-refractivity contribution in [2.24, 2.45) is 0 Å². The maximum absolute atomic E-state index is 11.2. The molecule has 0 aliphatic rings. The molecule has 0 bridgehead atoms. The van der Waals surface area contributed by atoms with Crippen LogP contribution < -0.4 is 5.73 Å². The fourth-order valence-corrected chi connectivity index (χ4v) is 1.58. The zero-order valence-electron chi connectivity index (χ0n) is 10.1. The van der Waals surface area contributed by atoms with Gasteiger partial charge in [0.15, 0.2) is 0 Å². The molecule has 2 rings (SSSR count). The Morgan fingerprint density at radius 3 is 2.53 bits per heavy atom. The molecular weight excluding hydrogens is 323 g/mol. The molecule has 0 aromatic carbocycles. The number of hydrogen-bond acceptors (Lipinski definition) is 5. The van der Waals surface area contributed by atoms with Gasteiger partial charge in [0.1, 0.15) is 0 Å². The van der Waals surface area contributed by atoms with Gasteiger partial charge in [0.25, 0.3) is 0 Å². The van der Waals surface area contributed by atoms with Crippen LogP contribution in [0.1, 0.15) is 17.2 Å². The minimum absolute atomic E-state index is 0. The molecule has 2 aromatic rings. The Hall–Kier alpha value is -1.47. The second-order valence-corrected chi connectivity index (χ2v) is 3.86. The van der Waals surface area contributed by atoms with Crippen LogP contribution in [0, 0.1) is 7.05 Å². The van der Waals surface area contributed by atoms with Crippen molar-refractivity contribution in [3.63, 3.8) is 0 Å². The number of carbonyl (C=O) groups is 1. The van der Waals surface area contributed by atoms with E-state index < -0.39 is 11.9 Å². The van der Waals surface area contributed by atoms with Gasteiger partial charge in [-0.3, -0.25) is 4.79 Å². The molecule has 3 N–H and O–H groups in total. The number of aliphatic carboxylic acids is 1. The van der Waals surface area contributed by atoms with Crippen LogP contribution in [-0.4, -0.2) is 30.6 Å². The second kappa shape index (κ2) is 6.63. The predicted octanol–water partition coefficient (Wildman–Crippen LogP) is 0.303. The zero-order valence-corrected chi connectivity index (χ0v) is 12.9. The van der Waals surface area contributed by atoms with Gasteiger partial charge in [-0.25, -0.2) is 9.97 Å². The summed E-state index contributed by atoms with van der Waals surface area (Å²) in [7, 11) is 3.62. The van der Waals surface area contributed by atoms with Crippen molar-refractivity contribution in [1.82, 2.24) is 19.5 Å². The first-order chi connectivity index (χ1) is 8.56. The van der Waals surface area contributed by atoms with E-state index >= 15 is 0 Å². The van der Waals surface area contributed by atoms with Crippen LogP contribution in [0.15, 0.2) is 24.9 Å². The summed E-state index contributed by atoms with van der Waals surface area (Å²) in [5, 5.41) is 9.22. The number of nitrogens with zero attached hydrogens (tertiary/aromatic N) is 4. The minimum Gasteiger partial charge on any atom is -0.481 e. The first kappa shape index (κ1) is 15.6. The Morgan fingerprint density at radius 1 is 1.42 bits per heavy atom. The van der Waals surface area contributed by atoms with E-state index in [4.69, 9.17) is 5.73 Å². The molecule has 8 heteroatoms. The number of imidazole rings is 1. The summed E-state index contributed by atoms with van der Waals surface area (Å²) in [6, 6.07) is 0. The van der Waals surface area contributed by atoms with Gasteiger partial charge in [-0.15, -0.1) is 7.05 Å². The zero-order chi connectivity index (χ0) is 13.1. The van der Waals surface area contributed by atoms with Crippen LogP contribution in [0.4, 0.5) is 5.95 Å². The van der Waals surface area contributed by atoms with Crippen molar-refractivity contribution in [2.75, 3.05) is 5.73 Å². The van der Waals surface area contributed by atoms with E-state index in [1.54, 1.807) is 6.20 Å². The molecular formula is C11H12N5O2Y-. The molecule has 1 radical (unpaired) electrons. The summed E-state index contributed by atoms with van der Waals surface area (Å²) >= 11 is 0. The standard InChI is InChI=1S/C11H12N5O2.Y/c1-16-5-9(15-6-16)8(10(17)18)2-7-3-13-11(12)14-4-7;/h3-6,8H,1-2H2,(H,17,18)(H2,12,13,14);/q-1;. The first-order valence-electron chi connectivity index (χ1n) is 5.20. The Labute approximate surface area is 135 Å². The molecule has 0 fully saturated rings. The molecule has 7 nitrogen and oxygen atoms in total. The molecule has 0 saturated carbocycles. The van der Waals surface area contributed by atoms with Gasteiger partial charge in [0.05, 0.1) is 5.92 Å². The van der Waals surface area contributed by atoms with E-state index in [-0.39, 0.29) is 45.1 Å². The number of carboxylic acid groups (broad SMARTS) is 1. The number of hydrogen-bond donors (Lipinski definition) is 2. The molecule has 19 heavy (non-hydrogen) atoms. The van der Waals surface area contributed by atoms with Gasteiger partial charge in [-0.2, -0.15) is 0 Å². The molecule has 0 amide bonds. The predicted molar refractivity (Wildman–Crippen MR) is 63.5 cm³/mol. The molecule has 1 unspecified atom stereocenters. The second-order valence-electron chi connectivity index (χ2n) is 3.86. The summed E-state index contributed by atoms with van der Waals surface area (Å²) in [4.78, 5) is 22.9. The van der Waals surface area contributed by atoms with Gasteiger partial charge in [-0.05, 0) is 18.3 Å². The van der Waals surface area contributed by atoms with Crippen LogP contribution >= 0.6 is 0 Å². The Bertz CT molecular complexity index is 554. The van der Waals surface area contributed by atoms with Crippen LogP contribution in [0.2, 0.25) is 0 Å². The number of nitrogen functional groups attached to an aromatic ring is 1. The summed E-state index contributed by atoms with van der Waals surface area (Å²) in [5.74, 6) is -1.54. The van der Waals surface area contributed by atoms with Crippen LogP contribution in [0.5, 0.6) is 0 Å². The normalized spacial score (nSPS) is 11.6. The number of anilines is 1. The van der Waals surface area contributed by atoms with E-state index in [0.29, 0.717) is 11.3 Å². The average Bonchev–Trinajstić information content (AvgIpc) is 2.74. The van der Waals surface area contributed by atoms with E-state index in [9.17, 15) is 9.90 Å². The SMILES string of the molecule is [CH2-]n1cnc(C(Cc2cnc(N)nc2)C(=O)O)c1.[Y]. The van der Waals surface area contributed by atoms with Crippen molar-refractivity contribution >= 4 is 11.9 Å². The van der Waals surface area contributed by atoms with Crippen molar-refractivity contribution < 1.29 is 42.6 Å². The number of carboxylic acids is 1. The summed E-state index contributed by atoms with van der Waals surface area (Å²) in [5.41, 5.74) is 6.51. The van der Waals surface area contributed by atoms with Gasteiger partial charge >= 0.3 is 5.97 Å². The van der Waals surface area contributed by atoms with Gasteiger partial charge in [0.2, 0.25) is 5.95 Å². The Balaban J connectivity index is 0.00000180. The number of rotatable bonds is 4. The third kappa shape index (κ3) is 4.00. The van der Waals surface area contributed by atoms with Gasteiger partial charge < -0.3 is 20.4 Å². The molecule has 0 aliphatic carbocycles. The Kier molecular flexibility index (Phi) is 5.44. The molecule has 1 atom stereocenters. The maximum atomic E-state index is 11.2. The van der Waals surface area contributed by atoms with E-state index in [1.165, 1.54) is 23.3 Å². The Morgan fingerprint density at radius 2 is 2.05 bits per heavy atom. The van der Waals surface area contributed by atoms with E-state index in [2.05, 4.69) is 22.0 Å². The molecule has 2 aromatic heterocycles. The van der Waals surface area contributed by atoms with Gasteiger partial charge in [0, 0.05) is 50.8 Å². The third-order valence-electron chi connectivity index (χ3n) is 2.47. The van der Waals surface area contributed by atoms with Crippen molar-refractivity contribution in [3.05, 3.63) is 43.2 Å². The fraction of sp³-hybridized carbons (Fsp3) is 0.182. The van der Waals surface area contributed by atoms with Crippen molar-refractivity contribution in [2.45, 2.75) is 12.3 Å².